The molecule has 0 spiro atoms. The molecule has 1 saturated heterocycles. The lowest BCUT2D eigenvalue weighted by molar-refractivity contribution is -0.384. The zero-order valence-electron chi connectivity index (χ0n) is 11.6. The average Bonchev–Trinajstić information content (AvgIpc) is 2.83. The molecule has 1 N–H and O–H groups in total. The van der Waals surface area contributed by atoms with E-state index in [4.69, 9.17) is 0 Å². The van der Waals surface area contributed by atoms with Crippen LogP contribution in [0.15, 0.2) is 16.9 Å². The van der Waals surface area contributed by atoms with Gasteiger partial charge in [0.15, 0.2) is 0 Å². The highest BCUT2D eigenvalue weighted by atomic mass is 79.9. The number of carbonyl (C=O) groups is 1. The summed E-state index contributed by atoms with van der Waals surface area (Å²) in [7, 11) is 0. The summed E-state index contributed by atoms with van der Waals surface area (Å²) in [4.78, 5) is 28.0. The van der Waals surface area contributed by atoms with Crippen molar-refractivity contribution in [1.82, 2.24) is 4.98 Å². The van der Waals surface area contributed by atoms with E-state index in [0.717, 1.165) is 6.20 Å². The van der Waals surface area contributed by atoms with Crippen LogP contribution in [-0.4, -0.2) is 33.1 Å². The minimum atomic E-state index is -1.08. The van der Waals surface area contributed by atoms with Crippen LogP contribution in [0.25, 0.3) is 0 Å². The van der Waals surface area contributed by atoms with Gasteiger partial charge in [0.25, 0.3) is 0 Å². The number of carboxylic acids is 1. The minimum Gasteiger partial charge on any atom is -0.479 e. The first-order chi connectivity index (χ1) is 9.94. The maximum atomic E-state index is 11.8. The molecule has 0 saturated carbocycles. The topological polar surface area (TPSA) is 96.6 Å². The first kappa shape index (κ1) is 15.7. The highest BCUT2D eigenvalue weighted by Crippen LogP contribution is 2.44. The standard InChI is InChI=1S/C13H16BrN3O4/c1-2-4-13(12(18)19)5-3-6-16(13)11-9(14)7-15-8-10(11)17(20)21/h7-8H,2-6H2,1H3,(H,18,19). The lowest BCUT2D eigenvalue weighted by Gasteiger charge is -2.36. The summed E-state index contributed by atoms with van der Waals surface area (Å²) < 4.78 is 0.445. The van der Waals surface area contributed by atoms with E-state index in [1.165, 1.54) is 6.20 Å². The molecule has 2 heterocycles. The molecule has 2 rings (SSSR count). The summed E-state index contributed by atoms with van der Waals surface area (Å²) >= 11 is 3.28. The molecule has 0 aromatic carbocycles. The number of anilines is 1. The first-order valence-corrected chi connectivity index (χ1v) is 7.52. The highest BCUT2D eigenvalue weighted by Gasteiger charge is 2.49. The molecule has 0 bridgehead atoms. The van der Waals surface area contributed by atoms with E-state index >= 15 is 0 Å². The van der Waals surface area contributed by atoms with E-state index < -0.39 is 16.4 Å². The van der Waals surface area contributed by atoms with Gasteiger partial charge in [0.05, 0.1) is 9.40 Å². The Bertz CT molecular complexity index is 581. The number of halogens is 1. The average molecular weight is 358 g/mol. The zero-order valence-corrected chi connectivity index (χ0v) is 13.2. The monoisotopic (exact) mass is 357 g/mol. The van der Waals surface area contributed by atoms with Gasteiger partial charge in [0.2, 0.25) is 0 Å². The maximum Gasteiger partial charge on any atom is 0.329 e. The Morgan fingerprint density at radius 2 is 2.33 bits per heavy atom. The van der Waals surface area contributed by atoms with Crippen molar-refractivity contribution < 1.29 is 14.8 Å². The maximum absolute atomic E-state index is 11.8. The van der Waals surface area contributed by atoms with Crippen LogP contribution >= 0.6 is 15.9 Å². The molecule has 1 unspecified atom stereocenters. The number of nitro groups is 1. The van der Waals surface area contributed by atoms with Crippen molar-refractivity contribution in [2.75, 3.05) is 11.4 Å². The summed E-state index contributed by atoms with van der Waals surface area (Å²) in [5, 5.41) is 20.9. The van der Waals surface area contributed by atoms with Gasteiger partial charge in [-0.2, -0.15) is 0 Å². The Morgan fingerprint density at radius 3 is 2.90 bits per heavy atom. The van der Waals surface area contributed by atoms with E-state index in [1.54, 1.807) is 4.90 Å². The van der Waals surface area contributed by atoms with Gasteiger partial charge in [0.1, 0.15) is 17.4 Å². The van der Waals surface area contributed by atoms with Crippen molar-refractivity contribution in [3.63, 3.8) is 0 Å². The molecule has 1 fully saturated rings. The number of carboxylic acid groups (broad SMARTS) is 1. The van der Waals surface area contributed by atoms with Crippen LogP contribution < -0.4 is 4.90 Å². The summed E-state index contributed by atoms with van der Waals surface area (Å²) in [5.74, 6) is -0.931. The quantitative estimate of drug-likeness (QED) is 0.642. The van der Waals surface area contributed by atoms with Crippen LogP contribution in [0.2, 0.25) is 0 Å². The number of aliphatic carboxylic acids is 1. The molecule has 1 aromatic heterocycles. The second-order valence-electron chi connectivity index (χ2n) is 5.09. The number of rotatable bonds is 5. The predicted octanol–water partition coefficient (Wildman–Crippen LogP) is 2.98. The van der Waals surface area contributed by atoms with Crippen LogP contribution in [0.1, 0.15) is 32.6 Å². The predicted molar refractivity (Wildman–Crippen MR) is 80.4 cm³/mol. The molecular formula is C13H16BrN3O4. The lowest BCUT2D eigenvalue weighted by atomic mass is 9.90. The zero-order chi connectivity index (χ0) is 15.6. The van der Waals surface area contributed by atoms with Gasteiger partial charge in [-0.15, -0.1) is 0 Å². The highest BCUT2D eigenvalue weighted by molar-refractivity contribution is 9.10. The van der Waals surface area contributed by atoms with Crippen molar-refractivity contribution >= 4 is 33.3 Å². The van der Waals surface area contributed by atoms with Crippen LogP contribution in [0, 0.1) is 10.1 Å². The van der Waals surface area contributed by atoms with Gasteiger partial charge < -0.3 is 10.0 Å². The molecular weight excluding hydrogens is 342 g/mol. The molecule has 0 aliphatic carbocycles. The molecule has 1 aliphatic heterocycles. The van der Waals surface area contributed by atoms with E-state index in [2.05, 4.69) is 20.9 Å². The van der Waals surface area contributed by atoms with Gasteiger partial charge >= 0.3 is 11.7 Å². The van der Waals surface area contributed by atoms with E-state index in [9.17, 15) is 20.0 Å². The van der Waals surface area contributed by atoms with Crippen molar-refractivity contribution in [2.45, 2.75) is 38.1 Å². The smallest absolute Gasteiger partial charge is 0.329 e. The van der Waals surface area contributed by atoms with Crippen molar-refractivity contribution in [1.29, 1.82) is 0 Å². The summed E-state index contributed by atoms with van der Waals surface area (Å²) in [5.41, 5.74) is -0.944. The molecule has 0 amide bonds. The molecule has 8 heteroatoms. The second-order valence-corrected chi connectivity index (χ2v) is 5.94. The Balaban J connectivity index is 2.59. The van der Waals surface area contributed by atoms with Gasteiger partial charge in [-0.3, -0.25) is 15.1 Å². The molecule has 114 valence electrons. The lowest BCUT2D eigenvalue weighted by Crippen LogP contribution is -2.51. The van der Waals surface area contributed by atoms with Crippen LogP contribution in [0.4, 0.5) is 11.4 Å². The Labute approximate surface area is 130 Å². The minimum absolute atomic E-state index is 0.173. The molecule has 0 radical (unpaired) electrons. The van der Waals surface area contributed by atoms with E-state index in [0.29, 0.717) is 42.4 Å². The van der Waals surface area contributed by atoms with Crippen LogP contribution in [-0.2, 0) is 4.79 Å². The van der Waals surface area contributed by atoms with Crippen molar-refractivity contribution in [3.8, 4) is 0 Å². The molecule has 7 nitrogen and oxygen atoms in total. The first-order valence-electron chi connectivity index (χ1n) is 6.73. The molecule has 1 aliphatic rings. The number of hydrogen-bond acceptors (Lipinski definition) is 5. The fourth-order valence-corrected chi connectivity index (χ4v) is 3.56. The van der Waals surface area contributed by atoms with E-state index in [-0.39, 0.29) is 5.69 Å². The van der Waals surface area contributed by atoms with Crippen molar-refractivity contribution in [3.05, 3.63) is 27.0 Å². The summed E-state index contributed by atoms with van der Waals surface area (Å²) in [6.45, 7) is 2.40. The molecule has 1 atom stereocenters. The fourth-order valence-electron chi connectivity index (χ4n) is 3.03. The van der Waals surface area contributed by atoms with Crippen LogP contribution in [0.5, 0.6) is 0 Å². The Hall–Kier alpha value is -1.70. The number of nitrogens with zero attached hydrogens (tertiary/aromatic N) is 3. The fraction of sp³-hybridized carbons (Fsp3) is 0.538. The number of hydrogen-bond donors (Lipinski definition) is 1. The Morgan fingerprint density at radius 1 is 1.62 bits per heavy atom. The summed E-state index contributed by atoms with van der Waals surface area (Å²) in [6.07, 6.45) is 4.95. The van der Waals surface area contributed by atoms with Gasteiger partial charge in [0, 0.05) is 12.7 Å². The largest absolute Gasteiger partial charge is 0.479 e. The third-order valence-electron chi connectivity index (χ3n) is 3.87. The van der Waals surface area contributed by atoms with Gasteiger partial charge in [-0.25, -0.2) is 4.79 Å². The SMILES string of the molecule is CCCC1(C(=O)O)CCCN1c1c(Br)cncc1[N+](=O)[O-]. The Kier molecular flexibility index (Phi) is 4.46. The number of pyridine rings is 1. The van der Waals surface area contributed by atoms with Crippen molar-refractivity contribution in [2.24, 2.45) is 0 Å². The van der Waals surface area contributed by atoms with E-state index in [1.807, 2.05) is 6.92 Å². The third kappa shape index (κ3) is 2.59. The molecule has 1 aromatic rings. The van der Waals surface area contributed by atoms with Crippen LogP contribution in [0.3, 0.4) is 0 Å². The third-order valence-corrected chi connectivity index (χ3v) is 4.45. The molecule has 21 heavy (non-hydrogen) atoms. The second kappa shape index (κ2) is 5.97. The summed E-state index contributed by atoms with van der Waals surface area (Å²) in [6, 6.07) is 0. The number of aromatic nitrogens is 1. The van der Waals surface area contributed by atoms with Gasteiger partial charge in [-0.05, 0) is 35.2 Å². The van der Waals surface area contributed by atoms with Gasteiger partial charge in [-0.1, -0.05) is 13.3 Å². The normalized spacial score (nSPS) is 21.5.